The van der Waals surface area contributed by atoms with E-state index in [0.717, 1.165) is 0 Å². The van der Waals surface area contributed by atoms with Gasteiger partial charge in [-0.15, -0.1) is 12.6 Å². The highest BCUT2D eigenvalue weighted by Gasteiger charge is 2.28. The summed E-state index contributed by atoms with van der Waals surface area (Å²) in [7, 11) is 1.40. The third-order valence-corrected chi connectivity index (χ3v) is 2.15. The molecule has 1 atom stereocenters. The molecule has 72 valence electrons. The Morgan fingerprint density at radius 3 is 2.43 bits per heavy atom. The van der Waals surface area contributed by atoms with Gasteiger partial charge in [-0.2, -0.15) is 10.5 Å². The van der Waals surface area contributed by atoms with Gasteiger partial charge in [-0.3, -0.25) is 0 Å². The van der Waals surface area contributed by atoms with Crippen LogP contribution in [0.15, 0.2) is 22.0 Å². The van der Waals surface area contributed by atoms with Gasteiger partial charge in [0.2, 0.25) is 0 Å². The van der Waals surface area contributed by atoms with Crippen LogP contribution in [0.2, 0.25) is 0 Å². The highest BCUT2D eigenvalue weighted by Crippen LogP contribution is 2.24. The number of thiol groups is 1. The molecule has 6 heteroatoms. The quantitative estimate of drug-likeness (QED) is 0.526. The molecule has 0 aromatic carbocycles. The van der Waals surface area contributed by atoms with Gasteiger partial charge in [0, 0.05) is 7.11 Å². The molecule has 1 aliphatic rings. The zero-order valence-electron chi connectivity index (χ0n) is 7.40. The molecule has 0 amide bonds. The zero-order valence-corrected chi connectivity index (χ0v) is 8.30. The van der Waals surface area contributed by atoms with E-state index < -0.39 is 6.10 Å². The van der Waals surface area contributed by atoms with Crippen molar-refractivity contribution in [3.8, 4) is 12.1 Å². The van der Waals surface area contributed by atoms with Crippen molar-refractivity contribution in [2.45, 2.75) is 6.10 Å². The molecule has 1 unspecified atom stereocenters. The summed E-state index contributed by atoms with van der Waals surface area (Å²) in [4.78, 5) is 0. The van der Waals surface area contributed by atoms with Crippen molar-refractivity contribution in [2.24, 2.45) is 5.73 Å². The first-order valence-corrected chi connectivity index (χ1v) is 4.13. The zero-order chi connectivity index (χ0) is 10.7. The maximum absolute atomic E-state index is 8.81. The van der Waals surface area contributed by atoms with E-state index in [0.29, 0.717) is 5.03 Å². The summed E-state index contributed by atoms with van der Waals surface area (Å²) in [5, 5.41) is 20.5. The lowest BCUT2D eigenvalue weighted by Crippen LogP contribution is -2.33. The lowest BCUT2D eigenvalue weighted by atomic mass is 10.0. The van der Waals surface area contributed by atoms with Crippen molar-refractivity contribution in [1.29, 1.82) is 10.5 Å². The van der Waals surface area contributed by atoms with E-state index in [1.165, 1.54) is 7.11 Å². The summed E-state index contributed by atoms with van der Waals surface area (Å²) < 4.78 is 5.01. The van der Waals surface area contributed by atoms with Crippen molar-refractivity contribution in [3.05, 3.63) is 22.0 Å². The van der Waals surface area contributed by atoms with Crippen LogP contribution in [0.4, 0.5) is 0 Å². The molecule has 0 aliphatic carbocycles. The number of nitriles is 2. The van der Waals surface area contributed by atoms with Gasteiger partial charge in [0.25, 0.3) is 0 Å². The van der Waals surface area contributed by atoms with Crippen molar-refractivity contribution in [3.63, 3.8) is 0 Å². The summed E-state index contributed by atoms with van der Waals surface area (Å²) in [6.07, 6.45) is -0.723. The molecule has 5 nitrogen and oxygen atoms in total. The van der Waals surface area contributed by atoms with Crippen molar-refractivity contribution >= 4 is 12.6 Å². The number of ether oxygens (including phenoxy) is 1. The van der Waals surface area contributed by atoms with E-state index in [1.54, 1.807) is 0 Å². The van der Waals surface area contributed by atoms with Gasteiger partial charge in [-0.05, 0) is 0 Å². The van der Waals surface area contributed by atoms with Gasteiger partial charge in [0.1, 0.15) is 29.6 Å². The SMILES string of the molecule is COC1C(C#N)=C(N)NC(S)=C1C#N. The summed E-state index contributed by atoms with van der Waals surface area (Å²) in [6.45, 7) is 0. The smallest absolute Gasteiger partial charge is 0.133 e. The number of hydrogen-bond acceptors (Lipinski definition) is 6. The van der Waals surface area contributed by atoms with Crippen LogP contribution in [0.1, 0.15) is 0 Å². The van der Waals surface area contributed by atoms with E-state index in [1.807, 2.05) is 12.1 Å². The molecule has 0 saturated heterocycles. The average molecular weight is 208 g/mol. The van der Waals surface area contributed by atoms with E-state index in [-0.39, 0.29) is 17.0 Å². The van der Waals surface area contributed by atoms with Crippen molar-refractivity contribution in [1.82, 2.24) is 5.32 Å². The van der Waals surface area contributed by atoms with Gasteiger partial charge in [-0.25, -0.2) is 0 Å². The molecule has 0 aromatic rings. The normalized spacial score (nSPS) is 21.3. The highest BCUT2D eigenvalue weighted by atomic mass is 32.1. The first-order valence-electron chi connectivity index (χ1n) is 3.68. The Morgan fingerprint density at radius 2 is 2.00 bits per heavy atom. The molecule has 1 rings (SSSR count). The highest BCUT2D eigenvalue weighted by molar-refractivity contribution is 7.84. The molecule has 0 bridgehead atoms. The van der Waals surface area contributed by atoms with E-state index in [4.69, 9.17) is 21.0 Å². The number of hydrogen-bond donors (Lipinski definition) is 3. The first-order chi connectivity index (χ1) is 6.65. The van der Waals surface area contributed by atoms with Gasteiger partial charge in [-0.1, -0.05) is 0 Å². The Kier molecular flexibility index (Phi) is 3.03. The third kappa shape index (κ3) is 1.53. The minimum atomic E-state index is -0.723. The molecule has 0 spiro atoms. The van der Waals surface area contributed by atoms with Crippen LogP contribution in [-0.2, 0) is 4.74 Å². The molecular weight excluding hydrogens is 200 g/mol. The molecule has 0 radical (unpaired) electrons. The Bertz CT molecular complexity index is 363. The second-order valence-corrected chi connectivity index (χ2v) is 3.00. The van der Waals surface area contributed by atoms with Gasteiger partial charge in [0.15, 0.2) is 0 Å². The molecule has 0 fully saturated rings. The number of nitrogens with zero attached hydrogens (tertiary/aromatic N) is 2. The van der Waals surface area contributed by atoms with E-state index in [2.05, 4.69) is 17.9 Å². The standard InChI is InChI=1S/C8H8N4OS/c1-13-6-4(2-9)7(11)12-8(14)5(6)3-10/h6,12,14H,11H2,1H3. The fourth-order valence-corrected chi connectivity index (χ4v) is 1.43. The summed E-state index contributed by atoms with van der Waals surface area (Å²) >= 11 is 4.03. The number of nitrogens with two attached hydrogens (primary N) is 1. The Morgan fingerprint density at radius 1 is 1.43 bits per heavy atom. The second-order valence-electron chi connectivity index (χ2n) is 2.55. The fourth-order valence-electron chi connectivity index (χ4n) is 1.14. The number of dihydropyridines is 1. The first kappa shape index (κ1) is 10.5. The van der Waals surface area contributed by atoms with Gasteiger partial charge in [0.05, 0.1) is 10.6 Å². The van der Waals surface area contributed by atoms with Crippen LogP contribution in [0.25, 0.3) is 0 Å². The molecule has 14 heavy (non-hydrogen) atoms. The number of methoxy groups -OCH3 is 1. The van der Waals surface area contributed by atoms with E-state index >= 15 is 0 Å². The maximum Gasteiger partial charge on any atom is 0.133 e. The molecule has 3 N–H and O–H groups in total. The molecule has 0 saturated carbocycles. The minimum absolute atomic E-state index is 0.170. The molecule has 1 aliphatic heterocycles. The Balaban J connectivity index is 3.21. The fraction of sp³-hybridized carbons (Fsp3) is 0.250. The largest absolute Gasteiger partial charge is 0.384 e. The van der Waals surface area contributed by atoms with Gasteiger partial charge >= 0.3 is 0 Å². The molecule has 1 heterocycles. The molecular formula is C8H8N4OS. The van der Waals surface area contributed by atoms with Crippen LogP contribution in [0.5, 0.6) is 0 Å². The predicted octanol–water partition coefficient (Wildman–Crippen LogP) is -0.0365. The predicted molar refractivity (Wildman–Crippen MR) is 52.4 cm³/mol. The Hall–Kier alpha value is -1.63. The van der Waals surface area contributed by atoms with Crippen LogP contribution < -0.4 is 11.1 Å². The number of rotatable bonds is 1. The van der Waals surface area contributed by atoms with Gasteiger partial charge < -0.3 is 15.8 Å². The summed E-state index contributed by atoms with van der Waals surface area (Å²) in [5.74, 6) is 0.170. The van der Waals surface area contributed by atoms with Crippen LogP contribution in [-0.4, -0.2) is 13.2 Å². The topological polar surface area (TPSA) is 94.9 Å². The van der Waals surface area contributed by atoms with Crippen LogP contribution in [0, 0.1) is 22.7 Å². The second kappa shape index (κ2) is 4.05. The summed E-state index contributed by atoms with van der Waals surface area (Å²) in [6, 6.07) is 3.80. The lowest BCUT2D eigenvalue weighted by Gasteiger charge is -2.23. The van der Waals surface area contributed by atoms with Crippen LogP contribution >= 0.6 is 12.6 Å². The Labute approximate surface area is 86.9 Å². The molecule has 0 aromatic heterocycles. The third-order valence-electron chi connectivity index (χ3n) is 1.80. The number of nitrogens with one attached hydrogen (secondary N) is 1. The van der Waals surface area contributed by atoms with Crippen LogP contribution in [0.3, 0.4) is 0 Å². The summed E-state index contributed by atoms with van der Waals surface area (Å²) in [5.41, 5.74) is 5.98. The average Bonchev–Trinajstić information content (AvgIpc) is 2.16. The minimum Gasteiger partial charge on any atom is -0.384 e. The van der Waals surface area contributed by atoms with E-state index in [9.17, 15) is 0 Å². The monoisotopic (exact) mass is 208 g/mol. The van der Waals surface area contributed by atoms with Crippen molar-refractivity contribution in [2.75, 3.05) is 7.11 Å². The lowest BCUT2D eigenvalue weighted by molar-refractivity contribution is 0.162. The van der Waals surface area contributed by atoms with Crippen molar-refractivity contribution < 1.29 is 4.74 Å². The maximum atomic E-state index is 8.81.